The number of hydrogen-bond donors (Lipinski definition) is 0. The molecule has 5 rings (SSSR count). The molecule has 2 aromatic carbocycles. The van der Waals surface area contributed by atoms with Crippen molar-refractivity contribution in [1.82, 2.24) is 24.6 Å². The zero-order chi connectivity index (χ0) is 21.2. The number of rotatable bonds is 4. The van der Waals surface area contributed by atoms with Gasteiger partial charge in [-0.25, -0.2) is 4.39 Å². The maximum atomic E-state index is 14.2. The van der Waals surface area contributed by atoms with Gasteiger partial charge in [0, 0.05) is 26.2 Å². The van der Waals surface area contributed by atoms with Crippen molar-refractivity contribution in [2.75, 3.05) is 32.8 Å². The summed E-state index contributed by atoms with van der Waals surface area (Å²) in [6.07, 6.45) is 0.886. The van der Waals surface area contributed by atoms with E-state index in [4.69, 9.17) is 9.47 Å². The zero-order valence-corrected chi connectivity index (χ0v) is 16.9. The molecule has 0 aliphatic carbocycles. The van der Waals surface area contributed by atoms with Gasteiger partial charge in [0.1, 0.15) is 18.8 Å². The first-order valence-corrected chi connectivity index (χ1v) is 10.2. The summed E-state index contributed by atoms with van der Waals surface area (Å²) in [5.41, 5.74) is 0.422. The molecule has 160 valence electrons. The van der Waals surface area contributed by atoms with Gasteiger partial charge >= 0.3 is 0 Å². The van der Waals surface area contributed by atoms with E-state index in [9.17, 15) is 9.18 Å². The summed E-state index contributed by atoms with van der Waals surface area (Å²) in [6.45, 7) is 3.25. The lowest BCUT2D eigenvalue weighted by Crippen LogP contribution is -2.53. The highest BCUT2D eigenvalue weighted by Crippen LogP contribution is 2.31. The molecule has 2 aliphatic heterocycles. The van der Waals surface area contributed by atoms with Gasteiger partial charge in [-0.1, -0.05) is 24.3 Å². The minimum absolute atomic E-state index is 0.0660. The third-order valence-electron chi connectivity index (χ3n) is 5.56. The largest absolute Gasteiger partial charge is 0.485 e. The van der Waals surface area contributed by atoms with Crippen LogP contribution in [0.5, 0.6) is 11.5 Å². The predicted octanol–water partition coefficient (Wildman–Crippen LogP) is 1.89. The van der Waals surface area contributed by atoms with E-state index in [1.54, 1.807) is 33.7 Å². The number of hydrogen-bond acceptors (Lipinski definition) is 6. The molecule has 0 spiro atoms. The minimum atomic E-state index is -0.634. The second-order valence-electron chi connectivity index (χ2n) is 7.53. The number of para-hydroxylation sites is 3. The standard InChI is InChI=1S/C22H22FN5O3/c23-16-5-1-2-6-17(16)28-15-24-25-21(28)13-26-9-11-27(12-10-26)22(29)20-14-30-18-7-3-4-8-19(18)31-20/h1-8,15,20H,9-14H2/t20-/m0/s1. The van der Waals surface area contributed by atoms with Gasteiger partial charge in [-0.2, -0.15) is 0 Å². The van der Waals surface area contributed by atoms with E-state index in [1.807, 2.05) is 18.2 Å². The molecule has 3 heterocycles. The first-order valence-electron chi connectivity index (χ1n) is 10.2. The van der Waals surface area contributed by atoms with E-state index in [2.05, 4.69) is 15.1 Å². The zero-order valence-electron chi connectivity index (χ0n) is 16.9. The van der Waals surface area contributed by atoms with Gasteiger partial charge in [0.25, 0.3) is 5.91 Å². The third kappa shape index (κ3) is 3.96. The summed E-state index contributed by atoms with van der Waals surface area (Å²) in [5, 5.41) is 8.12. The topological polar surface area (TPSA) is 72.7 Å². The monoisotopic (exact) mass is 423 g/mol. The maximum absolute atomic E-state index is 14.2. The quantitative estimate of drug-likeness (QED) is 0.638. The molecule has 8 nitrogen and oxygen atoms in total. The molecule has 0 radical (unpaired) electrons. The predicted molar refractivity (Wildman–Crippen MR) is 110 cm³/mol. The van der Waals surface area contributed by atoms with Crippen LogP contribution in [-0.4, -0.2) is 69.4 Å². The Morgan fingerprint density at radius 1 is 1.03 bits per heavy atom. The Labute approximate surface area is 178 Å². The molecule has 0 unspecified atom stereocenters. The van der Waals surface area contributed by atoms with Crippen LogP contribution in [0.4, 0.5) is 4.39 Å². The molecule has 1 fully saturated rings. The SMILES string of the molecule is O=C([C@@H]1COc2ccccc2O1)N1CCN(Cc2nncn2-c2ccccc2F)CC1. The van der Waals surface area contributed by atoms with Gasteiger partial charge in [-0.15, -0.1) is 10.2 Å². The molecule has 1 aromatic heterocycles. The Hall–Kier alpha value is -3.46. The van der Waals surface area contributed by atoms with Crippen LogP contribution < -0.4 is 9.47 Å². The van der Waals surface area contributed by atoms with Gasteiger partial charge in [0.05, 0.1) is 12.2 Å². The fraction of sp³-hybridized carbons (Fsp3) is 0.318. The first kappa shape index (κ1) is 19.5. The lowest BCUT2D eigenvalue weighted by atomic mass is 10.2. The summed E-state index contributed by atoms with van der Waals surface area (Å²) in [7, 11) is 0. The lowest BCUT2D eigenvalue weighted by Gasteiger charge is -2.37. The van der Waals surface area contributed by atoms with E-state index in [0.717, 1.165) is 0 Å². The molecular formula is C22H22FN5O3. The molecule has 1 saturated heterocycles. The number of carbonyl (C=O) groups is 1. The van der Waals surface area contributed by atoms with E-state index >= 15 is 0 Å². The van der Waals surface area contributed by atoms with E-state index in [1.165, 1.54) is 12.4 Å². The van der Waals surface area contributed by atoms with Crippen molar-refractivity contribution in [2.24, 2.45) is 0 Å². The number of ether oxygens (including phenoxy) is 2. The van der Waals surface area contributed by atoms with Crippen LogP contribution in [0.25, 0.3) is 5.69 Å². The molecule has 0 saturated carbocycles. The average molecular weight is 423 g/mol. The fourth-order valence-corrected chi connectivity index (χ4v) is 3.89. The molecular weight excluding hydrogens is 401 g/mol. The Balaban J connectivity index is 1.19. The van der Waals surface area contributed by atoms with Gasteiger partial charge in [-0.05, 0) is 24.3 Å². The smallest absolute Gasteiger partial charge is 0.267 e. The summed E-state index contributed by atoms with van der Waals surface area (Å²) < 4.78 is 27.3. The highest BCUT2D eigenvalue weighted by molar-refractivity contribution is 5.82. The molecule has 31 heavy (non-hydrogen) atoms. The van der Waals surface area contributed by atoms with Crippen molar-refractivity contribution < 1.29 is 18.7 Å². The number of piperazine rings is 1. The number of carbonyl (C=O) groups excluding carboxylic acids is 1. The van der Waals surface area contributed by atoms with Gasteiger partial charge in [-0.3, -0.25) is 14.3 Å². The Morgan fingerprint density at radius 2 is 1.77 bits per heavy atom. The summed E-state index contributed by atoms with van der Waals surface area (Å²) in [5.74, 6) is 1.53. The highest BCUT2D eigenvalue weighted by atomic mass is 19.1. The van der Waals surface area contributed by atoms with Crippen LogP contribution in [0.2, 0.25) is 0 Å². The second kappa shape index (κ2) is 8.35. The third-order valence-corrected chi connectivity index (χ3v) is 5.56. The number of fused-ring (bicyclic) bond motifs is 1. The first-order chi connectivity index (χ1) is 15.2. The van der Waals surface area contributed by atoms with E-state index in [0.29, 0.717) is 55.7 Å². The number of halogens is 1. The molecule has 1 amide bonds. The van der Waals surface area contributed by atoms with Crippen LogP contribution in [0.15, 0.2) is 54.9 Å². The van der Waals surface area contributed by atoms with Crippen LogP contribution in [-0.2, 0) is 11.3 Å². The number of benzene rings is 2. The number of aromatic nitrogens is 3. The molecule has 9 heteroatoms. The van der Waals surface area contributed by atoms with Crippen LogP contribution in [0.1, 0.15) is 5.82 Å². The van der Waals surface area contributed by atoms with E-state index < -0.39 is 6.10 Å². The van der Waals surface area contributed by atoms with Crippen LogP contribution in [0.3, 0.4) is 0 Å². The van der Waals surface area contributed by atoms with Crippen molar-refractivity contribution in [1.29, 1.82) is 0 Å². The van der Waals surface area contributed by atoms with Crippen molar-refractivity contribution in [3.8, 4) is 17.2 Å². The minimum Gasteiger partial charge on any atom is -0.485 e. The normalized spacial score (nSPS) is 18.7. The highest BCUT2D eigenvalue weighted by Gasteiger charge is 2.32. The average Bonchev–Trinajstić information content (AvgIpc) is 3.27. The fourth-order valence-electron chi connectivity index (χ4n) is 3.89. The van der Waals surface area contributed by atoms with Crippen molar-refractivity contribution in [3.05, 3.63) is 66.5 Å². The number of nitrogens with zero attached hydrogens (tertiary/aromatic N) is 5. The van der Waals surface area contributed by atoms with Crippen LogP contribution >= 0.6 is 0 Å². The van der Waals surface area contributed by atoms with Gasteiger partial charge in [0.15, 0.2) is 17.3 Å². The molecule has 3 aromatic rings. The van der Waals surface area contributed by atoms with Crippen LogP contribution in [0, 0.1) is 5.82 Å². The Morgan fingerprint density at radius 3 is 2.58 bits per heavy atom. The second-order valence-corrected chi connectivity index (χ2v) is 7.53. The molecule has 0 bridgehead atoms. The summed E-state index contributed by atoms with van der Waals surface area (Å²) >= 11 is 0. The van der Waals surface area contributed by atoms with Crippen molar-refractivity contribution in [3.63, 3.8) is 0 Å². The number of amides is 1. The summed E-state index contributed by atoms with van der Waals surface area (Å²) in [4.78, 5) is 16.9. The molecule has 0 N–H and O–H groups in total. The van der Waals surface area contributed by atoms with Gasteiger partial charge < -0.3 is 14.4 Å². The Bertz CT molecular complexity index is 1080. The molecule has 2 aliphatic rings. The van der Waals surface area contributed by atoms with E-state index in [-0.39, 0.29) is 18.3 Å². The molecule has 1 atom stereocenters. The lowest BCUT2D eigenvalue weighted by molar-refractivity contribution is -0.143. The van der Waals surface area contributed by atoms with Gasteiger partial charge in [0.2, 0.25) is 6.10 Å². The van der Waals surface area contributed by atoms with Crippen molar-refractivity contribution in [2.45, 2.75) is 12.6 Å². The summed E-state index contributed by atoms with van der Waals surface area (Å²) in [6, 6.07) is 13.9. The maximum Gasteiger partial charge on any atom is 0.267 e. The Kier molecular flexibility index (Phi) is 5.25. The van der Waals surface area contributed by atoms with Crippen molar-refractivity contribution >= 4 is 5.91 Å².